The molecule has 0 saturated heterocycles. The molecule has 1 aromatic rings. The van der Waals surface area contributed by atoms with Gasteiger partial charge in [-0.2, -0.15) is 0 Å². The van der Waals surface area contributed by atoms with Crippen molar-refractivity contribution in [3.63, 3.8) is 0 Å². The van der Waals surface area contributed by atoms with Crippen LogP contribution in [0.5, 0.6) is 0 Å². The normalized spacial score (nSPS) is 18.0. The van der Waals surface area contributed by atoms with Crippen LogP contribution < -0.4 is 10.6 Å². The van der Waals surface area contributed by atoms with Crippen molar-refractivity contribution in [3.8, 4) is 0 Å². The van der Waals surface area contributed by atoms with Gasteiger partial charge in [0, 0.05) is 18.6 Å². The van der Waals surface area contributed by atoms with Crippen LogP contribution in [0.3, 0.4) is 0 Å². The van der Waals surface area contributed by atoms with Gasteiger partial charge in [-0.25, -0.2) is 4.39 Å². The van der Waals surface area contributed by atoms with Crippen LogP contribution in [0.4, 0.5) is 10.1 Å². The first-order valence-electron chi connectivity index (χ1n) is 6.95. The smallest absolute Gasteiger partial charge is 0.146 e. The van der Waals surface area contributed by atoms with E-state index in [-0.39, 0.29) is 11.9 Å². The van der Waals surface area contributed by atoms with Crippen molar-refractivity contribution in [2.45, 2.75) is 51.6 Å². The quantitative estimate of drug-likeness (QED) is 0.884. The van der Waals surface area contributed by atoms with E-state index in [1.807, 2.05) is 19.1 Å². The summed E-state index contributed by atoms with van der Waals surface area (Å²) in [5.41, 5.74) is 7.37. The van der Waals surface area contributed by atoms with Crippen molar-refractivity contribution in [1.82, 2.24) is 0 Å². The highest BCUT2D eigenvalue weighted by atomic mass is 19.1. The number of hydrogen-bond donors (Lipinski definition) is 1. The Kier molecular flexibility index (Phi) is 4.23. The molecule has 18 heavy (non-hydrogen) atoms. The number of hydrogen-bond acceptors (Lipinski definition) is 2. The maximum Gasteiger partial charge on any atom is 0.146 e. The number of halogens is 1. The van der Waals surface area contributed by atoms with Gasteiger partial charge in [0.15, 0.2) is 0 Å². The molecule has 2 N–H and O–H groups in total. The zero-order valence-corrected chi connectivity index (χ0v) is 11.3. The summed E-state index contributed by atoms with van der Waals surface area (Å²) < 4.78 is 14.2. The van der Waals surface area contributed by atoms with Gasteiger partial charge < -0.3 is 10.6 Å². The molecule has 3 heteroatoms. The topological polar surface area (TPSA) is 29.3 Å². The van der Waals surface area contributed by atoms with Crippen LogP contribution in [0, 0.1) is 5.82 Å². The van der Waals surface area contributed by atoms with Crippen molar-refractivity contribution in [2.24, 2.45) is 5.73 Å². The lowest BCUT2D eigenvalue weighted by molar-refractivity contribution is 0.576. The zero-order valence-electron chi connectivity index (χ0n) is 11.3. The van der Waals surface area contributed by atoms with E-state index in [1.54, 1.807) is 6.07 Å². The van der Waals surface area contributed by atoms with Gasteiger partial charge in [0.1, 0.15) is 5.82 Å². The highest BCUT2D eigenvalue weighted by molar-refractivity contribution is 5.50. The zero-order chi connectivity index (χ0) is 13.1. The molecule has 2 nitrogen and oxygen atoms in total. The van der Waals surface area contributed by atoms with Gasteiger partial charge in [0.2, 0.25) is 0 Å². The predicted molar refractivity (Wildman–Crippen MR) is 74.3 cm³/mol. The molecule has 1 aromatic carbocycles. The fraction of sp³-hybridized carbons (Fsp3) is 0.600. The third-order valence-electron chi connectivity index (χ3n) is 3.91. The molecule has 0 unspecified atom stereocenters. The standard InChI is InChI=1S/C15H23FN2/c1-3-18(13-6-4-5-7-13)15-9-8-12(11(2)17)10-14(15)16/h8-11,13H,3-7,17H2,1-2H3/t11-/m0/s1. The summed E-state index contributed by atoms with van der Waals surface area (Å²) in [6.45, 7) is 4.83. The molecular formula is C15H23FN2. The highest BCUT2D eigenvalue weighted by Gasteiger charge is 2.23. The molecule has 1 aliphatic rings. The van der Waals surface area contributed by atoms with Gasteiger partial charge >= 0.3 is 0 Å². The molecule has 0 bridgehead atoms. The van der Waals surface area contributed by atoms with Gasteiger partial charge in [0.05, 0.1) is 5.69 Å². The van der Waals surface area contributed by atoms with E-state index in [9.17, 15) is 4.39 Å². The number of anilines is 1. The van der Waals surface area contributed by atoms with Crippen molar-refractivity contribution in [1.29, 1.82) is 0 Å². The average molecular weight is 250 g/mol. The van der Waals surface area contributed by atoms with E-state index in [0.29, 0.717) is 6.04 Å². The molecule has 0 aliphatic heterocycles. The first-order valence-corrected chi connectivity index (χ1v) is 6.95. The minimum atomic E-state index is -0.140. The van der Waals surface area contributed by atoms with Crippen molar-refractivity contribution < 1.29 is 4.39 Å². The molecule has 0 amide bonds. The third-order valence-corrected chi connectivity index (χ3v) is 3.91. The summed E-state index contributed by atoms with van der Waals surface area (Å²) in [6, 6.07) is 5.80. The van der Waals surface area contributed by atoms with E-state index in [4.69, 9.17) is 5.73 Å². The lowest BCUT2D eigenvalue weighted by Crippen LogP contribution is -2.33. The summed E-state index contributed by atoms with van der Waals surface area (Å²) in [4.78, 5) is 2.20. The Labute approximate surface area is 109 Å². The fourth-order valence-electron chi connectivity index (χ4n) is 2.88. The Hall–Kier alpha value is -1.09. The lowest BCUT2D eigenvalue weighted by atomic mass is 10.1. The fourth-order valence-corrected chi connectivity index (χ4v) is 2.88. The monoisotopic (exact) mass is 250 g/mol. The second kappa shape index (κ2) is 5.70. The Morgan fingerprint density at radius 2 is 2.06 bits per heavy atom. The third kappa shape index (κ3) is 2.66. The van der Waals surface area contributed by atoms with E-state index in [1.165, 1.54) is 25.7 Å². The van der Waals surface area contributed by atoms with E-state index in [2.05, 4.69) is 11.8 Å². The largest absolute Gasteiger partial charge is 0.366 e. The molecule has 0 radical (unpaired) electrons. The van der Waals surface area contributed by atoms with Crippen LogP contribution in [-0.4, -0.2) is 12.6 Å². The Morgan fingerprint density at radius 3 is 2.56 bits per heavy atom. The number of benzene rings is 1. The molecular weight excluding hydrogens is 227 g/mol. The molecule has 100 valence electrons. The van der Waals surface area contributed by atoms with Crippen LogP contribution in [0.1, 0.15) is 51.1 Å². The van der Waals surface area contributed by atoms with Crippen molar-refractivity contribution >= 4 is 5.69 Å². The molecule has 0 heterocycles. The highest BCUT2D eigenvalue weighted by Crippen LogP contribution is 2.30. The summed E-state index contributed by atoms with van der Waals surface area (Å²) in [7, 11) is 0. The second-order valence-electron chi connectivity index (χ2n) is 5.22. The van der Waals surface area contributed by atoms with Crippen LogP contribution in [0.25, 0.3) is 0 Å². The number of nitrogens with two attached hydrogens (primary N) is 1. The van der Waals surface area contributed by atoms with Gasteiger partial charge in [-0.3, -0.25) is 0 Å². The van der Waals surface area contributed by atoms with Gasteiger partial charge in [-0.05, 0) is 44.4 Å². The molecule has 1 atom stereocenters. The predicted octanol–water partition coefficient (Wildman–Crippen LogP) is 3.61. The SMILES string of the molecule is CCN(c1ccc([C@H](C)N)cc1F)C1CCCC1. The first kappa shape index (κ1) is 13.3. The Bertz CT molecular complexity index is 397. The Morgan fingerprint density at radius 1 is 1.39 bits per heavy atom. The molecule has 1 saturated carbocycles. The van der Waals surface area contributed by atoms with E-state index < -0.39 is 0 Å². The van der Waals surface area contributed by atoms with Crippen molar-refractivity contribution in [2.75, 3.05) is 11.4 Å². The number of nitrogens with zero attached hydrogens (tertiary/aromatic N) is 1. The molecule has 1 aliphatic carbocycles. The van der Waals surface area contributed by atoms with Crippen LogP contribution in [0.2, 0.25) is 0 Å². The molecule has 0 spiro atoms. The minimum Gasteiger partial charge on any atom is -0.366 e. The van der Waals surface area contributed by atoms with Gasteiger partial charge in [0.25, 0.3) is 0 Å². The van der Waals surface area contributed by atoms with Crippen LogP contribution in [0.15, 0.2) is 18.2 Å². The molecule has 1 fully saturated rings. The Balaban J connectivity index is 2.25. The van der Waals surface area contributed by atoms with Gasteiger partial charge in [-0.1, -0.05) is 18.9 Å². The van der Waals surface area contributed by atoms with Gasteiger partial charge in [-0.15, -0.1) is 0 Å². The summed E-state index contributed by atoms with van der Waals surface area (Å²) >= 11 is 0. The minimum absolute atomic E-state index is 0.116. The average Bonchev–Trinajstić information content (AvgIpc) is 2.85. The second-order valence-corrected chi connectivity index (χ2v) is 5.22. The maximum absolute atomic E-state index is 14.2. The van der Waals surface area contributed by atoms with Crippen LogP contribution in [-0.2, 0) is 0 Å². The first-order chi connectivity index (χ1) is 8.63. The van der Waals surface area contributed by atoms with Crippen LogP contribution >= 0.6 is 0 Å². The van der Waals surface area contributed by atoms with E-state index in [0.717, 1.165) is 17.8 Å². The summed E-state index contributed by atoms with van der Waals surface area (Å²) in [6.07, 6.45) is 4.89. The van der Waals surface area contributed by atoms with E-state index >= 15 is 0 Å². The molecule has 0 aromatic heterocycles. The summed E-state index contributed by atoms with van der Waals surface area (Å²) in [5, 5.41) is 0. The van der Waals surface area contributed by atoms with Crippen molar-refractivity contribution in [3.05, 3.63) is 29.6 Å². The number of rotatable bonds is 4. The lowest BCUT2D eigenvalue weighted by Gasteiger charge is -2.30. The summed E-state index contributed by atoms with van der Waals surface area (Å²) in [5.74, 6) is -0.140. The maximum atomic E-state index is 14.2. The molecule has 2 rings (SSSR count).